The molecule has 2 aliphatic heterocycles. The van der Waals surface area contributed by atoms with Crippen LogP contribution < -0.4 is 10.2 Å². The highest BCUT2D eigenvalue weighted by atomic mass is 19.1. The van der Waals surface area contributed by atoms with E-state index in [1.807, 2.05) is 4.90 Å². The van der Waals surface area contributed by atoms with Crippen LogP contribution in [0.15, 0.2) is 18.2 Å². The maximum atomic E-state index is 14.3. The van der Waals surface area contributed by atoms with Crippen LogP contribution in [0, 0.1) is 11.7 Å². The zero-order valence-corrected chi connectivity index (χ0v) is 12.5. The Hall–Kier alpha value is -1.66. The number of halogens is 1. The number of amides is 1. The molecular weight excluding hydrogens is 287 g/mol. The molecule has 0 radical (unpaired) electrons. The molecule has 2 fully saturated rings. The topological polar surface area (TPSA) is 50.8 Å². The summed E-state index contributed by atoms with van der Waals surface area (Å²) in [6, 6.07) is 4.87. The molecule has 6 heteroatoms. The van der Waals surface area contributed by atoms with Gasteiger partial charge in [0.2, 0.25) is 5.91 Å². The fraction of sp³-hybridized carbons (Fsp3) is 0.562. The second-order valence-electron chi connectivity index (χ2n) is 5.64. The van der Waals surface area contributed by atoms with Crippen LogP contribution in [0.1, 0.15) is 12.8 Å². The van der Waals surface area contributed by atoms with Crippen molar-refractivity contribution in [3.63, 3.8) is 0 Å². The minimum atomic E-state index is -0.313. The number of benzene rings is 1. The molecule has 0 saturated carbocycles. The monoisotopic (exact) mass is 308 g/mol. The lowest BCUT2D eigenvalue weighted by Crippen LogP contribution is -2.36. The van der Waals surface area contributed by atoms with E-state index >= 15 is 0 Å². The van der Waals surface area contributed by atoms with Gasteiger partial charge in [0.05, 0.1) is 18.9 Å². The van der Waals surface area contributed by atoms with Crippen LogP contribution in [-0.4, -0.2) is 45.4 Å². The Labute approximate surface area is 129 Å². The summed E-state index contributed by atoms with van der Waals surface area (Å²) >= 11 is 0. The van der Waals surface area contributed by atoms with Crippen molar-refractivity contribution in [3.8, 4) is 0 Å². The van der Waals surface area contributed by atoms with E-state index in [9.17, 15) is 9.18 Å². The van der Waals surface area contributed by atoms with Crippen molar-refractivity contribution >= 4 is 17.3 Å². The molecule has 0 unspecified atom stereocenters. The molecule has 1 N–H and O–H groups in total. The first-order chi connectivity index (χ1) is 10.7. The molecule has 2 saturated heterocycles. The van der Waals surface area contributed by atoms with Gasteiger partial charge in [0.1, 0.15) is 5.82 Å². The highest BCUT2D eigenvalue weighted by Gasteiger charge is 2.22. The van der Waals surface area contributed by atoms with Gasteiger partial charge in [-0.1, -0.05) is 0 Å². The van der Waals surface area contributed by atoms with Gasteiger partial charge in [-0.25, -0.2) is 4.39 Å². The molecule has 2 aliphatic rings. The lowest BCUT2D eigenvalue weighted by atomic mass is 9.99. The van der Waals surface area contributed by atoms with Crippen molar-refractivity contribution in [2.45, 2.75) is 12.8 Å². The normalized spacial score (nSPS) is 20.0. The summed E-state index contributed by atoms with van der Waals surface area (Å²) in [7, 11) is 0. The number of carbonyl (C=O) groups is 1. The summed E-state index contributed by atoms with van der Waals surface area (Å²) in [5, 5.41) is 2.80. The van der Waals surface area contributed by atoms with E-state index in [1.165, 1.54) is 6.07 Å². The predicted octanol–water partition coefficient (Wildman–Crippen LogP) is 2.03. The molecule has 1 aromatic carbocycles. The van der Waals surface area contributed by atoms with Crippen molar-refractivity contribution in [2.24, 2.45) is 5.92 Å². The van der Waals surface area contributed by atoms with Crippen LogP contribution in [0.5, 0.6) is 0 Å². The van der Waals surface area contributed by atoms with Crippen molar-refractivity contribution < 1.29 is 18.7 Å². The number of hydrogen-bond donors (Lipinski definition) is 1. The van der Waals surface area contributed by atoms with Gasteiger partial charge >= 0.3 is 0 Å². The summed E-state index contributed by atoms with van der Waals surface area (Å²) in [6.45, 7) is 3.82. The van der Waals surface area contributed by atoms with Gasteiger partial charge in [0.15, 0.2) is 0 Å². The van der Waals surface area contributed by atoms with Crippen molar-refractivity contribution in [3.05, 3.63) is 24.0 Å². The van der Waals surface area contributed by atoms with E-state index < -0.39 is 0 Å². The number of nitrogens with one attached hydrogen (secondary N) is 1. The van der Waals surface area contributed by atoms with Crippen molar-refractivity contribution in [1.29, 1.82) is 0 Å². The molecular formula is C16H21FN2O3. The average molecular weight is 308 g/mol. The van der Waals surface area contributed by atoms with Crippen LogP contribution >= 0.6 is 0 Å². The third-order valence-electron chi connectivity index (χ3n) is 4.16. The SMILES string of the molecule is O=C(Nc1ccc(N2CCOCC2)c(F)c1)C1CCOCC1. The number of carbonyl (C=O) groups excluding carboxylic acids is 1. The Kier molecular flexibility index (Phi) is 4.90. The number of nitrogens with zero attached hydrogens (tertiary/aromatic N) is 1. The van der Waals surface area contributed by atoms with Crippen molar-refractivity contribution in [1.82, 2.24) is 0 Å². The molecule has 0 atom stereocenters. The number of morpholine rings is 1. The van der Waals surface area contributed by atoms with Gasteiger partial charge in [-0.15, -0.1) is 0 Å². The first-order valence-electron chi connectivity index (χ1n) is 7.75. The molecule has 1 amide bonds. The standard InChI is InChI=1S/C16H21FN2O3/c17-14-11-13(18-16(20)12-3-7-21-8-4-12)1-2-15(14)19-5-9-22-10-6-19/h1-2,11-12H,3-10H2,(H,18,20). The van der Waals surface area contributed by atoms with Gasteiger partial charge in [-0.2, -0.15) is 0 Å². The van der Waals surface area contributed by atoms with E-state index in [4.69, 9.17) is 9.47 Å². The molecule has 0 spiro atoms. The fourth-order valence-electron chi connectivity index (χ4n) is 2.85. The maximum Gasteiger partial charge on any atom is 0.227 e. The van der Waals surface area contributed by atoms with E-state index in [0.29, 0.717) is 50.9 Å². The van der Waals surface area contributed by atoms with Gasteiger partial charge in [0.25, 0.3) is 0 Å². The number of anilines is 2. The minimum absolute atomic E-state index is 0.0456. The lowest BCUT2D eigenvalue weighted by Gasteiger charge is -2.29. The summed E-state index contributed by atoms with van der Waals surface area (Å²) in [5.41, 5.74) is 1.07. The minimum Gasteiger partial charge on any atom is -0.381 e. The summed E-state index contributed by atoms with van der Waals surface area (Å²) < 4.78 is 24.8. The highest BCUT2D eigenvalue weighted by molar-refractivity contribution is 5.92. The molecule has 5 nitrogen and oxygen atoms in total. The Morgan fingerprint density at radius 1 is 1.14 bits per heavy atom. The van der Waals surface area contributed by atoms with Gasteiger partial charge in [0, 0.05) is 37.9 Å². The van der Waals surface area contributed by atoms with E-state index in [-0.39, 0.29) is 17.6 Å². The number of rotatable bonds is 3. The predicted molar refractivity (Wildman–Crippen MR) is 81.6 cm³/mol. The maximum absolute atomic E-state index is 14.3. The van der Waals surface area contributed by atoms with E-state index in [0.717, 1.165) is 12.8 Å². The second-order valence-corrected chi connectivity index (χ2v) is 5.64. The van der Waals surface area contributed by atoms with Crippen LogP contribution in [-0.2, 0) is 14.3 Å². The molecule has 120 valence electrons. The van der Waals surface area contributed by atoms with Crippen LogP contribution in [0.4, 0.5) is 15.8 Å². The average Bonchev–Trinajstić information content (AvgIpc) is 2.56. The third-order valence-corrected chi connectivity index (χ3v) is 4.16. The molecule has 3 rings (SSSR count). The van der Waals surface area contributed by atoms with Crippen LogP contribution in [0.25, 0.3) is 0 Å². The quantitative estimate of drug-likeness (QED) is 0.928. The smallest absolute Gasteiger partial charge is 0.227 e. The molecule has 0 bridgehead atoms. The first-order valence-corrected chi connectivity index (χ1v) is 7.75. The Morgan fingerprint density at radius 2 is 1.82 bits per heavy atom. The zero-order valence-electron chi connectivity index (χ0n) is 12.5. The molecule has 0 aliphatic carbocycles. The fourth-order valence-corrected chi connectivity index (χ4v) is 2.85. The van der Waals surface area contributed by atoms with Crippen molar-refractivity contribution in [2.75, 3.05) is 49.7 Å². The summed E-state index contributed by atoms with van der Waals surface area (Å²) in [4.78, 5) is 14.1. The third kappa shape index (κ3) is 3.56. The first kappa shape index (κ1) is 15.2. The molecule has 22 heavy (non-hydrogen) atoms. The summed E-state index contributed by atoms with van der Waals surface area (Å²) in [5.74, 6) is -0.413. The van der Waals surface area contributed by atoms with Crippen LogP contribution in [0.3, 0.4) is 0 Å². The lowest BCUT2D eigenvalue weighted by molar-refractivity contribution is -0.122. The number of ether oxygens (including phenoxy) is 2. The zero-order chi connectivity index (χ0) is 15.4. The highest BCUT2D eigenvalue weighted by Crippen LogP contribution is 2.25. The van der Waals surface area contributed by atoms with Gasteiger partial charge in [-0.05, 0) is 31.0 Å². The van der Waals surface area contributed by atoms with E-state index in [2.05, 4.69) is 5.32 Å². The second kappa shape index (κ2) is 7.07. The molecule has 2 heterocycles. The Balaban J connectivity index is 1.64. The van der Waals surface area contributed by atoms with Crippen LogP contribution in [0.2, 0.25) is 0 Å². The van der Waals surface area contributed by atoms with E-state index in [1.54, 1.807) is 12.1 Å². The Bertz CT molecular complexity index is 526. The summed E-state index contributed by atoms with van der Waals surface area (Å²) in [6.07, 6.45) is 1.44. The Morgan fingerprint density at radius 3 is 2.50 bits per heavy atom. The number of hydrogen-bond acceptors (Lipinski definition) is 4. The molecule has 0 aromatic heterocycles. The van der Waals surface area contributed by atoms with Gasteiger partial charge in [-0.3, -0.25) is 4.79 Å². The molecule has 1 aromatic rings. The largest absolute Gasteiger partial charge is 0.381 e. The van der Waals surface area contributed by atoms with Gasteiger partial charge < -0.3 is 19.7 Å².